The van der Waals surface area contributed by atoms with Gasteiger partial charge in [0.25, 0.3) is 0 Å². The third kappa shape index (κ3) is 4.86. The zero-order chi connectivity index (χ0) is 14.5. The summed E-state index contributed by atoms with van der Waals surface area (Å²) in [4.78, 5) is 11.8. The van der Waals surface area contributed by atoms with Crippen LogP contribution in [-0.2, 0) is 4.79 Å². The van der Waals surface area contributed by atoms with E-state index in [1.54, 1.807) is 19.2 Å². The molecule has 4 nitrogen and oxygen atoms in total. The number of rotatable bonds is 6. The average Bonchev–Trinajstić information content (AvgIpc) is 2.36. The molecular formula is C15H22ClFN2O2. The second-order valence-electron chi connectivity index (χ2n) is 5.26. The van der Waals surface area contributed by atoms with Gasteiger partial charge in [-0.3, -0.25) is 4.79 Å². The van der Waals surface area contributed by atoms with Crippen LogP contribution >= 0.6 is 12.4 Å². The lowest BCUT2D eigenvalue weighted by atomic mass is 9.96. The van der Waals surface area contributed by atoms with E-state index in [2.05, 4.69) is 10.6 Å². The lowest BCUT2D eigenvalue weighted by Gasteiger charge is -2.26. The van der Waals surface area contributed by atoms with Crippen LogP contribution in [0.25, 0.3) is 0 Å². The van der Waals surface area contributed by atoms with Crippen molar-refractivity contribution in [3.8, 4) is 5.75 Å². The van der Waals surface area contributed by atoms with Gasteiger partial charge in [-0.1, -0.05) is 6.92 Å². The number of benzene rings is 1. The van der Waals surface area contributed by atoms with E-state index >= 15 is 0 Å². The predicted molar refractivity (Wildman–Crippen MR) is 83.6 cm³/mol. The first-order valence-electron chi connectivity index (χ1n) is 7.02. The van der Waals surface area contributed by atoms with Crippen molar-refractivity contribution >= 4 is 24.0 Å². The predicted octanol–water partition coefficient (Wildman–Crippen LogP) is 2.97. The molecule has 2 rings (SSSR count). The summed E-state index contributed by atoms with van der Waals surface area (Å²) in [5.74, 6) is -0.479. The van der Waals surface area contributed by atoms with Gasteiger partial charge in [-0.05, 0) is 38.4 Å². The maximum Gasteiger partial charge on any atom is 0.228 e. The van der Waals surface area contributed by atoms with E-state index in [0.29, 0.717) is 12.2 Å². The molecular weight excluding hydrogens is 295 g/mol. The molecule has 21 heavy (non-hydrogen) atoms. The molecule has 1 unspecified atom stereocenters. The Morgan fingerprint density at radius 3 is 2.71 bits per heavy atom. The zero-order valence-electron chi connectivity index (χ0n) is 12.3. The van der Waals surface area contributed by atoms with Gasteiger partial charge in [0.1, 0.15) is 0 Å². The summed E-state index contributed by atoms with van der Waals surface area (Å²) in [6, 6.07) is 4.55. The Balaban J connectivity index is 0.00000220. The Morgan fingerprint density at radius 2 is 2.19 bits per heavy atom. The van der Waals surface area contributed by atoms with E-state index in [-0.39, 0.29) is 36.1 Å². The van der Waals surface area contributed by atoms with Crippen molar-refractivity contribution in [1.29, 1.82) is 0 Å². The molecule has 1 aliphatic carbocycles. The standard InChI is InChI=1S/C15H21FN2O2.ClH/c1-10(9-17-2)15(19)18-11-6-7-14(13(16)8-11)20-12-4-3-5-12;/h6-8,10,12,17H,3-5,9H2,1-2H3,(H,18,19);1H. The molecule has 0 heterocycles. The van der Waals surface area contributed by atoms with Crippen LogP contribution in [0.15, 0.2) is 18.2 Å². The highest BCUT2D eigenvalue weighted by atomic mass is 35.5. The molecule has 118 valence electrons. The Hall–Kier alpha value is -1.33. The molecule has 0 bridgehead atoms. The summed E-state index contributed by atoms with van der Waals surface area (Å²) in [5, 5.41) is 5.64. The normalized spacial score (nSPS) is 15.6. The number of carbonyl (C=O) groups excluding carboxylic acids is 1. The quantitative estimate of drug-likeness (QED) is 0.848. The first kappa shape index (κ1) is 17.7. The lowest BCUT2D eigenvalue weighted by molar-refractivity contribution is -0.119. The molecule has 0 saturated heterocycles. The molecule has 0 aromatic heterocycles. The molecule has 1 saturated carbocycles. The SMILES string of the molecule is CNCC(C)C(=O)Nc1ccc(OC2CCC2)c(F)c1.Cl. The molecule has 1 aliphatic rings. The van der Waals surface area contributed by atoms with E-state index in [4.69, 9.17) is 4.74 Å². The van der Waals surface area contributed by atoms with E-state index in [9.17, 15) is 9.18 Å². The van der Waals surface area contributed by atoms with Crippen LogP contribution in [0.1, 0.15) is 26.2 Å². The fraction of sp³-hybridized carbons (Fsp3) is 0.533. The second-order valence-corrected chi connectivity index (χ2v) is 5.26. The summed E-state index contributed by atoms with van der Waals surface area (Å²) in [7, 11) is 1.79. The van der Waals surface area contributed by atoms with Crippen molar-refractivity contribution < 1.29 is 13.9 Å². The molecule has 1 fully saturated rings. The third-order valence-corrected chi connectivity index (χ3v) is 3.50. The van der Waals surface area contributed by atoms with Gasteiger partial charge in [0.15, 0.2) is 11.6 Å². The molecule has 1 aromatic carbocycles. The van der Waals surface area contributed by atoms with Gasteiger partial charge in [-0.25, -0.2) is 4.39 Å². The molecule has 1 aromatic rings. The molecule has 0 radical (unpaired) electrons. The van der Waals surface area contributed by atoms with Crippen LogP contribution in [0.4, 0.5) is 10.1 Å². The highest BCUT2D eigenvalue weighted by Crippen LogP contribution is 2.28. The topological polar surface area (TPSA) is 50.4 Å². The molecule has 0 aliphatic heterocycles. The number of halogens is 2. The first-order chi connectivity index (χ1) is 9.60. The van der Waals surface area contributed by atoms with Gasteiger partial charge in [0.2, 0.25) is 5.91 Å². The van der Waals surface area contributed by atoms with E-state index in [1.165, 1.54) is 6.07 Å². The van der Waals surface area contributed by atoms with Crippen molar-refractivity contribution in [3.05, 3.63) is 24.0 Å². The Kier molecular flexibility index (Phi) is 6.92. The number of nitrogens with one attached hydrogen (secondary N) is 2. The molecule has 1 atom stereocenters. The van der Waals surface area contributed by atoms with E-state index in [1.807, 2.05) is 6.92 Å². The fourth-order valence-electron chi connectivity index (χ4n) is 2.01. The number of amides is 1. The lowest BCUT2D eigenvalue weighted by Crippen LogP contribution is -2.28. The number of ether oxygens (including phenoxy) is 1. The minimum Gasteiger partial charge on any atom is -0.487 e. The molecule has 2 N–H and O–H groups in total. The zero-order valence-corrected chi connectivity index (χ0v) is 13.1. The van der Waals surface area contributed by atoms with Crippen LogP contribution < -0.4 is 15.4 Å². The third-order valence-electron chi connectivity index (χ3n) is 3.50. The van der Waals surface area contributed by atoms with Crippen molar-refractivity contribution in [2.24, 2.45) is 5.92 Å². The molecule has 6 heteroatoms. The smallest absolute Gasteiger partial charge is 0.228 e. The Bertz CT molecular complexity index is 481. The van der Waals surface area contributed by atoms with E-state index in [0.717, 1.165) is 19.3 Å². The number of hydrogen-bond acceptors (Lipinski definition) is 3. The van der Waals surface area contributed by atoms with Crippen molar-refractivity contribution in [3.63, 3.8) is 0 Å². The summed E-state index contributed by atoms with van der Waals surface area (Å²) in [6.07, 6.45) is 3.25. The van der Waals surface area contributed by atoms with Crippen LogP contribution in [0.5, 0.6) is 5.75 Å². The fourth-order valence-corrected chi connectivity index (χ4v) is 2.01. The van der Waals surface area contributed by atoms with Crippen molar-refractivity contribution in [2.45, 2.75) is 32.3 Å². The monoisotopic (exact) mass is 316 g/mol. The van der Waals surface area contributed by atoms with Crippen molar-refractivity contribution in [1.82, 2.24) is 5.32 Å². The van der Waals surface area contributed by atoms with Gasteiger partial charge in [0.05, 0.1) is 6.10 Å². The van der Waals surface area contributed by atoms with Gasteiger partial charge in [0, 0.05) is 24.2 Å². The van der Waals surface area contributed by atoms with Gasteiger partial charge < -0.3 is 15.4 Å². The summed E-state index contributed by atoms with van der Waals surface area (Å²) in [5.41, 5.74) is 0.455. The highest BCUT2D eigenvalue weighted by Gasteiger charge is 2.21. The maximum absolute atomic E-state index is 13.9. The maximum atomic E-state index is 13.9. The van der Waals surface area contributed by atoms with Gasteiger partial charge in [-0.15, -0.1) is 12.4 Å². The van der Waals surface area contributed by atoms with Crippen LogP contribution in [0, 0.1) is 11.7 Å². The summed E-state index contributed by atoms with van der Waals surface area (Å²) in [6.45, 7) is 2.40. The summed E-state index contributed by atoms with van der Waals surface area (Å²) >= 11 is 0. The minimum atomic E-state index is -0.434. The van der Waals surface area contributed by atoms with Crippen molar-refractivity contribution in [2.75, 3.05) is 18.9 Å². The molecule has 0 spiro atoms. The number of hydrogen-bond donors (Lipinski definition) is 2. The number of carbonyl (C=O) groups is 1. The average molecular weight is 317 g/mol. The van der Waals surface area contributed by atoms with Crippen LogP contribution in [0.3, 0.4) is 0 Å². The first-order valence-corrected chi connectivity index (χ1v) is 7.02. The van der Waals surface area contributed by atoms with Gasteiger partial charge >= 0.3 is 0 Å². The highest BCUT2D eigenvalue weighted by molar-refractivity contribution is 5.92. The second kappa shape index (κ2) is 8.20. The van der Waals surface area contributed by atoms with Crippen LogP contribution in [0.2, 0.25) is 0 Å². The van der Waals surface area contributed by atoms with E-state index < -0.39 is 5.82 Å². The number of anilines is 1. The largest absolute Gasteiger partial charge is 0.487 e. The van der Waals surface area contributed by atoms with Crippen LogP contribution in [-0.4, -0.2) is 25.6 Å². The Labute approximate surface area is 130 Å². The minimum absolute atomic E-state index is 0. The molecule has 1 amide bonds. The summed E-state index contributed by atoms with van der Waals surface area (Å²) < 4.78 is 19.4. The Morgan fingerprint density at radius 1 is 1.48 bits per heavy atom. The van der Waals surface area contributed by atoms with Gasteiger partial charge in [-0.2, -0.15) is 0 Å².